The standard InChI is InChI=1S/C13H10BrClN2O/c14-10-5-3-7-16-13(10)17-12(18)8-9-4-1-2-6-11(9)15/h1-7H,8H2,(H,16,17,18). The molecule has 2 rings (SSSR count). The van der Waals surface area contributed by atoms with Gasteiger partial charge in [-0.05, 0) is 39.7 Å². The molecule has 0 radical (unpaired) electrons. The number of benzene rings is 1. The summed E-state index contributed by atoms with van der Waals surface area (Å²) in [5.74, 6) is 0.358. The molecule has 0 atom stereocenters. The molecule has 92 valence electrons. The minimum absolute atomic E-state index is 0.150. The minimum atomic E-state index is -0.150. The zero-order chi connectivity index (χ0) is 13.0. The molecule has 1 aromatic carbocycles. The van der Waals surface area contributed by atoms with Gasteiger partial charge in [0, 0.05) is 11.2 Å². The third-order valence-corrected chi connectivity index (χ3v) is 3.33. The van der Waals surface area contributed by atoms with Gasteiger partial charge in [0.15, 0.2) is 0 Å². The average Bonchev–Trinajstić information content (AvgIpc) is 2.35. The summed E-state index contributed by atoms with van der Waals surface area (Å²) < 4.78 is 0.748. The fourth-order valence-corrected chi connectivity index (χ4v) is 2.03. The maximum absolute atomic E-state index is 11.9. The molecule has 0 aliphatic rings. The molecule has 0 bridgehead atoms. The van der Waals surface area contributed by atoms with Crippen LogP contribution in [-0.4, -0.2) is 10.9 Å². The number of amides is 1. The molecule has 0 aliphatic heterocycles. The Morgan fingerprint density at radius 1 is 1.28 bits per heavy atom. The molecule has 0 fully saturated rings. The van der Waals surface area contributed by atoms with E-state index in [-0.39, 0.29) is 12.3 Å². The minimum Gasteiger partial charge on any atom is -0.309 e. The zero-order valence-electron chi connectivity index (χ0n) is 9.36. The van der Waals surface area contributed by atoms with E-state index < -0.39 is 0 Å². The van der Waals surface area contributed by atoms with Gasteiger partial charge in [0.1, 0.15) is 5.82 Å². The summed E-state index contributed by atoms with van der Waals surface area (Å²) in [7, 11) is 0. The van der Waals surface area contributed by atoms with Gasteiger partial charge in [0.25, 0.3) is 0 Å². The summed E-state index contributed by atoms with van der Waals surface area (Å²) in [6.07, 6.45) is 1.85. The van der Waals surface area contributed by atoms with Crippen LogP contribution in [-0.2, 0) is 11.2 Å². The van der Waals surface area contributed by atoms with Gasteiger partial charge in [-0.3, -0.25) is 4.79 Å². The Bertz CT molecular complexity index is 525. The fourth-order valence-electron chi connectivity index (χ4n) is 1.47. The molecule has 5 heteroatoms. The first kappa shape index (κ1) is 13.1. The van der Waals surface area contributed by atoms with Crippen LogP contribution in [0.5, 0.6) is 0 Å². The number of hydrogen-bond donors (Lipinski definition) is 1. The largest absolute Gasteiger partial charge is 0.309 e. The second-order valence-electron chi connectivity index (χ2n) is 3.65. The first-order chi connectivity index (χ1) is 8.66. The second kappa shape index (κ2) is 5.98. The predicted molar refractivity (Wildman–Crippen MR) is 75.7 cm³/mol. The first-order valence-corrected chi connectivity index (χ1v) is 6.47. The number of carbonyl (C=O) groups is 1. The maximum atomic E-state index is 11.9. The number of nitrogens with one attached hydrogen (secondary N) is 1. The highest BCUT2D eigenvalue weighted by atomic mass is 79.9. The van der Waals surface area contributed by atoms with E-state index in [1.54, 1.807) is 18.3 Å². The molecular formula is C13H10BrClN2O. The van der Waals surface area contributed by atoms with E-state index in [4.69, 9.17) is 11.6 Å². The van der Waals surface area contributed by atoms with Crippen LogP contribution < -0.4 is 5.32 Å². The van der Waals surface area contributed by atoms with Gasteiger partial charge in [-0.2, -0.15) is 0 Å². The van der Waals surface area contributed by atoms with E-state index >= 15 is 0 Å². The van der Waals surface area contributed by atoms with Crippen LogP contribution in [0.4, 0.5) is 5.82 Å². The number of anilines is 1. The monoisotopic (exact) mass is 324 g/mol. The van der Waals surface area contributed by atoms with Gasteiger partial charge in [0.2, 0.25) is 5.91 Å². The maximum Gasteiger partial charge on any atom is 0.230 e. The summed E-state index contributed by atoms with van der Waals surface area (Å²) in [4.78, 5) is 15.9. The van der Waals surface area contributed by atoms with Crippen molar-refractivity contribution in [1.82, 2.24) is 4.98 Å². The van der Waals surface area contributed by atoms with Crippen LogP contribution >= 0.6 is 27.5 Å². The molecule has 18 heavy (non-hydrogen) atoms. The summed E-state index contributed by atoms with van der Waals surface area (Å²) in [6.45, 7) is 0. The molecule has 1 aromatic heterocycles. The molecule has 0 aliphatic carbocycles. The Kier molecular flexibility index (Phi) is 4.33. The molecule has 2 aromatic rings. The van der Waals surface area contributed by atoms with Crippen molar-refractivity contribution in [1.29, 1.82) is 0 Å². The van der Waals surface area contributed by atoms with Crippen molar-refractivity contribution in [3.05, 3.63) is 57.7 Å². The predicted octanol–water partition coefficient (Wildman–Crippen LogP) is 3.68. The van der Waals surface area contributed by atoms with Crippen LogP contribution in [0.3, 0.4) is 0 Å². The Morgan fingerprint density at radius 2 is 2.06 bits per heavy atom. The molecule has 0 saturated carbocycles. The van der Waals surface area contributed by atoms with Crippen LogP contribution in [0.15, 0.2) is 47.1 Å². The van der Waals surface area contributed by atoms with Gasteiger partial charge >= 0.3 is 0 Å². The fraction of sp³-hybridized carbons (Fsp3) is 0.0769. The normalized spacial score (nSPS) is 10.1. The Hall–Kier alpha value is -1.39. The highest BCUT2D eigenvalue weighted by Gasteiger charge is 2.09. The van der Waals surface area contributed by atoms with Crippen molar-refractivity contribution in [3.8, 4) is 0 Å². The van der Waals surface area contributed by atoms with Crippen molar-refractivity contribution >= 4 is 39.3 Å². The quantitative estimate of drug-likeness (QED) is 0.935. The van der Waals surface area contributed by atoms with E-state index in [0.29, 0.717) is 10.8 Å². The van der Waals surface area contributed by atoms with Crippen molar-refractivity contribution in [2.45, 2.75) is 6.42 Å². The van der Waals surface area contributed by atoms with E-state index in [0.717, 1.165) is 10.0 Å². The second-order valence-corrected chi connectivity index (χ2v) is 4.91. The van der Waals surface area contributed by atoms with Crippen molar-refractivity contribution < 1.29 is 4.79 Å². The molecular weight excluding hydrogens is 316 g/mol. The summed E-state index contributed by atoms with van der Waals surface area (Å²) in [6, 6.07) is 10.9. The third kappa shape index (κ3) is 3.31. The van der Waals surface area contributed by atoms with Gasteiger partial charge < -0.3 is 5.32 Å². The van der Waals surface area contributed by atoms with Crippen molar-refractivity contribution in [2.75, 3.05) is 5.32 Å². The van der Waals surface area contributed by atoms with Crippen molar-refractivity contribution in [2.24, 2.45) is 0 Å². The number of carbonyl (C=O) groups excluding carboxylic acids is 1. The van der Waals surface area contributed by atoms with Gasteiger partial charge in [-0.1, -0.05) is 29.8 Å². The molecule has 1 amide bonds. The molecule has 1 N–H and O–H groups in total. The number of aromatic nitrogens is 1. The van der Waals surface area contributed by atoms with Crippen LogP contribution in [0.25, 0.3) is 0 Å². The number of nitrogens with zero attached hydrogens (tertiary/aromatic N) is 1. The number of rotatable bonds is 3. The van der Waals surface area contributed by atoms with Gasteiger partial charge in [-0.25, -0.2) is 4.98 Å². The SMILES string of the molecule is O=C(Cc1ccccc1Cl)Nc1ncccc1Br. The lowest BCUT2D eigenvalue weighted by molar-refractivity contribution is -0.115. The van der Waals surface area contributed by atoms with Crippen LogP contribution in [0.1, 0.15) is 5.56 Å². The Balaban J connectivity index is 2.06. The molecule has 0 saturated heterocycles. The van der Waals surface area contributed by atoms with E-state index in [9.17, 15) is 4.79 Å². The van der Waals surface area contributed by atoms with Crippen LogP contribution in [0.2, 0.25) is 5.02 Å². The molecule has 0 spiro atoms. The third-order valence-electron chi connectivity index (χ3n) is 2.33. The molecule has 1 heterocycles. The van der Waals surface area contributed by atoms with E-state index in [1.807, 2.05) is 24.3 Å². The molecule has 3 nitrogen and oxygen atoms in total. The highest BCUT2D eigenvalue weighted by molar-refractivity contribution is 9.10. The molecule has 0 unspecified atom stereocenters. The van der Waals surface area contributed by atoms with Crippen molar-refractivity contribution in [3.63, 3.8) is 0 Å². The topological polar surface area (TPSA) is 42.0 Å². The van der Waals surface area contributed by atoms with Crippen LogP contribution in [0, 0.1) is 0 Å². The van der Waals surface area contributed by atoms with Gasteiger partial charge in [0.05, 0.1) is 10.9 Å². The Labute approximate surface area is 118 Å². The summed E-state index contributed by atoms with van der Waals surface area (Å²) >= 11 is 9.32. The van der Waals surface area contributed by atoms with E-state index in [2.05, 4.69) is 26.2 Å². The first-order valence-electron chi connectivity index (χ1n) is 5.30. The average molecular weight is 326 g/mol. The zero-order valence-corrected chi connectivity index (χ0v) is 11.7. The number of pyridine rings is 1. The van der Waals surface area contributed by atoms with Gasteiger partial charge in [-0.15, -0.1) is 0 Å². The summed E-state index contributed by atoms with van der Waals surface area (Å²) in [5, 5.41) is 3.32. The highest BCUT2D eigenvalue weighted by Crippen LogP contribution is 2.20. The lowest BCUT2D eigenvalue weighted by atomic mass is 10.1. The lowest BCUT2D eigenvalue weighted by Gasteiger charge is -2.07. The van der Waals surface area contributed by atoms with E-state index in [1.165, 1.54) is 0 Å². The number of halogens is 2. The smallest absolute Gasteiger partial charge is 0.230 e. The Morgan fingerprint density at radius 3 is 2.78 bits per heavy atom. The number of hydrogen-bond acceptors (Lipinski definition) is 2. The lowest BCUT2D eigenvalue weighted by Crippen LogP contribution is -2.15. The summed E-state index contributed by atoms with van der Waals surface area (Å²) in [5.41, 5.74) is 0.795.